The van der Waals surface area contributed by atoms with Crippen LogP contribution in [0, 0.1) is 12.7 Å². The Morgan fingerprint density at radius 3 is 2.44 bits per heavy atom. The molecule has 1 saturated heterocycles. The van der Waals surface area contributed by atoms with Gasteiger partial charge in [0.2, 0.25) is 5.95 Å². The van der Waals surface area contributed by atoms with Crippen LogP contribution in [0.5, 0.6) is 5.75 Å². The summed E-state index contributed by atoms with van der Waals surface area (Å²) in [5.74, 6) is -0.465. The molecule has 6 rings (SSSR count). The number of aliphatic hydroxyl groups is 1. The van der Waals surface area contributed by atoms with E-state index in [-0.39, 0.29) is 23.4 Å². The number of aryl methyl sites for hydroxylation is 1. The molecule has 0 spiro atoms. The number of nitrogens with zero attached hydrogens (tertiary/aromatic N) is 6. The second-order valence-corrected chi connectivity index (χ2v) is 13.6. The van der Waals surface area contributed by atoms with E-state index in [1.165, 1.54) is 13.2 Å². The Labute approximate surface area is 282 Å². The first kappa shape index (κ1) is 33.8. The molecule has 2 aromatic carbocycles. The lowest BCUT2D eigenvalue weighted by atomic mass is 9.93. The summed E-state index contributed by atoms with van der Waals surface area (Å²) in [5, 5.41) is 13.3. The van der Waals surface area contributed by atoms with Crippen molar-refractivity contribution in [3.63, 3.8) is 0 Å². The van der Waals surface area contributed by atoms with Crippen LogP contribution in [0.4, 0.5) is 16.0 Å². The van der Waals surface area contributed by atoms with Crippen LogP contribution in [0.1, 0.15) is 60.6 Å². The van der Waals surface area contributed by atoms with Gasteiger partial charge in [0.15, 0.2) is 5.82 Å². The standard InChI is InChI=1S/C37H48FN7O3/c1-24-22-30(34(38)35(39-24)29-8-6-7-9-33(29)48-5)36(47)41-37-40-31-15-12-27(23-32(31)45(37)26-10-13-28(46)14-11-26)44-18-16-25(17-19-44)43(4)21-20-42(2)3/h6-9,12,15,22-23,25-26,28,46H,10-11,13-14,16-21H2,1-5H3,(H,40,41,47)/t26-,28+. The normalized spacial score (nSPS) is 19.0. The number of hydrogen-bond acceptors (Lipinski definition) is 8. The van der Waals surface area contributed by atoms with E-state index < -0.39 is 11.7 Å². The van der Waals surface area contributed by atoms with Gasteiger partial charge in [0, 0.05) is 55.2 Å². The van der Waals surface area contributed by atoms with Crippen LogP contribution in [0.3, 0.4) is 0 Å². The van der Waals surface area contributed by atoms with Crippen LogP contribution >= 0.6 is 0 Å². The quantitative estimate of drug-likeness (QED) is 0.223. The zero-order valence-electron chi connectivity index (χ0n) is 28.7. The summed E-state index contributed by atoms with van der Waals surface area (Å²) in [6.45, 7) is 5.77. The highest BCUT2D eigenvalue weighted by atomic mass is 19.1. The number of carbonyl (C=O) groups excluding carboxylic acids is 1. The summed E-state index contributed by atoms with van der Waals surface area (Å²) in [6.07, 6.45) is 4.72. The number of likely N-dealkylation sites (N-methyl/N-ethyl adjacent to an activating group) is 2. The Kier molecular flexibility index (Phi) is 10.3. The molecule has 0 atom stereocenters. The molecule has 10 nitrogen and oxygen atoms in total. The number of aliphatic hydroxyl groups excluding tert-OH is 1. The number of rotatable bonds is 10. The van der Waals surface area contributed by atoms with Gasteiger partial charge < -0.3 is 29.1 Å². The molecule has 3 heterocycles. The highest BCUT2D eigenvalue weighted by molar-refractivity contribution is 6.05. The monoisotopic (exact) mass is 657 g/mol. The maximum absolute atomic E-state index is 16.1. The average Bonchev–Trinajstić information content (AvgIpc) is 3.45. The molecule has 0 radical (unpaired) electrons. The van der Waals surface area contributed by atoms with Gasteiger partial charge in [0.1, 0.15) is 11.4 Å². The minimum Gasteiger partial charge on any atom is -0.496 e. The molecule has 48 heavy (non-hydrogen) atoms. The number of halogens is 1. The van der Waals surface area contributed by atoms with E-state index in [9.17, 15) is 9.90 Å². The number of benzene rings is 2. The number of hydrogen-bond donors (Lipinski definition) is 2. The van der Waals surface area contributed by atoms with Gasteiger partial charge in [-0.05, 0) is 103 Å². The van der Waals surface area contributed by atoms with Crippen LogP contribution in [0.15, 0.2) is 48.5 Å². The van der Waals surface area contributed by atoms with Gasteiger partial charge in [-0.15, -0.1) is 0 Å². The third-order valence-electron chi connectivity index (χ3n) is 9.98. The minimum atomic E-state index is -0.718. The number of anilines is 2. The molecule has 1 aliphatic carbocycles. The van der Waals surface area contributed by atoms with E-state index >= 15 is 4.39 Å². The molecule has 0 bridgehead atoms. The molecule has 2 fully saturated rings. The summed E-state index contributed by atoms with van der Waals surface area (Å²) >= 11 is 0. The van der Waals surface area contributed by atoms with Gasteiger partial charge in [0.25, 0.3) is 5.91 Å². The number of imidazole rings is 1. The Balaban J connectivity index is 1.30. The van der Waals surface area contributed by atoms with Crippen molar-refractivity contribution in [3.8, 4) is 17.0 Å². The number of fused-ring (bicyclic) bond motifs is 1. The van der Waals surface area contributed by atoms with Crippen molar-refractivity contribution >= 4 is 28.6 Å². The molecule has 4 aromatic rings. The summed E-state index contributed by atoms with van der Waals surface area (Å²) in [7, 11) is 7.97. The number of carbonyl (C=O) groups is 1. The van der Waals surface area contributed by atoms with Crippen molar-refractivity contribution in [2.24, 2.45) is 0 Å². The Bertz CT molecular complexity index is 1740. The number of nitrogens with one attached hydrogen (secondary N) is 1. The number of methoxy groups -OCH3 is 1. The smallest absolute Gasteiger partial charge is 0.261 e. The Morgan fingerprint density at radius 1 is 1.00 bits per heavy atom. The van der Waals surface area contributed by atoms with E-state index in [2.05, 4.69) is 62.8 Å². The van der Waals surface area contributed by atoms with Crippen molar-refractivity contribution in [2.45, 2.75) is 63.6 Å². The predicted molar refractivity (Wildman–Crippen MR) is 189 cm³/mol. The fraction of sp³-hybridized carbons (Fsp3) is 0.486. The number of ether oxygens (including phenoxy) is 1. The molecular formula is C37H48FN7O3. The Hall–Kier alpha value is -4.06. The lowest BCUT2D eigenvalue weighted by Gasteiger charge is -2.38. The fourth-order valence-electron chi connectivity index (χ4n) is 7.17. The van der Waals surface area contributed by atoms with Gasteiger partial charge in [-0.1, -0.05) is 12.1 Å². The van der Waals surface area contributed by atoms with E-state index in [4.69, 9.17) is 9.72 Å². The maximum Gasteiger partial charge on any atom is 0.261 e. The van der Waals surface area contributed by atoms with Crippen molar-refractivity contribution in [2.75, 3.05) is 64.6 Å². The zero-order chi connectivity index (χ0) is 33.9. The molecule has 2 aromatic heterocycles. The van der Waals surface area contributed by atoms with E-state index in [1.54, 1.807) is 31.2 Å². The van der Waals surface area contributed by atoms with Crippen LogP contribution in [-0.2, 0) is 0 Å². The first-order valence-electron chi connectivity index (χ1n) is 17.0. The van der Waals surface area contributed by atoms with Crippen molar-refractivity contribution in [3.05, 3.63) is 65.6 Å². The second-order valence-electron chi connectivity index (χ2n) is 13.6. The first-order chi connectivity index (χ1) is 23.1. The summed E-state index contributed by atoms with van der Waals surface area (Å²) < 4.78 is 23.6. The molecular weight excluding hydrogens is 609 g/mol. The topological polar surface area (TPSA) is 99.0 Å². The highest BCUT2D eigenvalue weighted by Gasteiger charge is 2.29. The van der Waals surface area contributed by atoms with Crippen LogP contribution in [-0.4, -0.2) is 102 Å². The first-order valence-corrected chi connectivity index (χ1v) is 17.0. The van der Waals surface area contributed by atoms with Crippen molar-refractivity contribution < 1.29 is 19.0 Å². The lowest BCUT2D eigenvalue weighted by Crippen LogP contribution is -2.45. The minimum absolute atomic E-state index is 0.0354. The highest BCUT2D eigenvalue weighted by Crippen LogP contribution is 2.37. The largest absolute Gasteiger partial charge is 0.496 e. The SMILES string of the molecule is COc1ccccc1-c1nc(C)cc(C(=O)Nc2nc3ccc(N4CCC(N(C)CCN(C)C)CC4)cc3n2[C@H]2CC[C@@H](O)CC2)c1F. The number of para-hydroxylation sites is 1. The fourth-order valence-corrected chi connectivity index (χ4v) is 7.17. The molecule has 1 saturated carbocycles. The van der Waals surface area contributed by atoms with Crippen LogP contribution < -0.4 is 15.0 Å². The van der Waals surface area contributed by atoms with Gasteiger partial charge in [-0.3, -0.25) is 10.1 Å². The average molecular weight is 658 g/mol. The summed E-state index contributed by atoms with van der Waals surface area (Å²) in [5.41, 5.74) is 3.75. The molecule has 256 valence electrons. The Morgan fingerprint density at radius 2 is 1.73 bits per heavy atom. The van der Waals surface area contributed by atoms with E-state index in [0.717, 1.165) is 68.6 Å². The predicted octanol–water partition coefficient (Wildman–Crippen LogP) is 5.74. The van der Waals surface area contributed by atoms with Gasteiger partial charge >= 0.3 is 0 Å². The number of pyridine rings is 1. The number of piperidine rings is 1. The lowest BCUT2D eigenvalue weighted by molar-refractivity contribution is 0.101. The second kappa shape index (κ2) is 14.6. The zero-order valence-corrected chi connectivity index (χ0v) is 28.7. The molecule has 0 unspecified atom stereocenters. The maximum atomic E-state index is 16.1. The molecule has 2 N–H and O–H groups in total. The van der Waals surface area contributed by atoms with Crippen molar-refractivity contribution in [1.82, 2.24) is 24.3 Å². The van der Waals surface area contributed by atoms with Crippen LogP contribution in [0.25, 0.3) is 22.3 Å². The third-order valence-corrected chi connectivity index (χ3v) is 9.98. The number of aromatic nitrogens is 3. The van der Waals surface area contributed by atoms with Crippen LogP contribution in [0.2, 0.25) is 0 Å². The third kappa shape index (κ3) is 7.18. The molecule has 1 amide bonds. The summed E-state index contributed by atoms with van der Waals surface area (Å²) in [4.78, 5) is 30.3. The summed E-state index contributed by atoms with van der Waals surface area (Å²) in [6, 6.07) is 15.4. The molecule has 2 aliphatic rings. The molecule has 1 aliphatic heterocycles. The van der Waals surface area contributed by atoms with E-state index in [0.29, 0.717) is 41.8 Å². The van der Waals surface area contributed by atoms with Gasteiger partial charge in [0.05, 0.1) is 29.8 Å². The molecule has 11 heteroatoms. The van der Waals surface area contributed by atoms with Crippen molar-refractivity contribution in [1.29, 1.82) is 0 Å². The number of amides is 1. The van der Waals surface area contributed by atoms with Gasteiger partial charge in [-0.25, -0.2) is 14.4 Å². The van der Waals surface area contributed by atoms with E-state index in [1.807, 2.05) is 6.07 Å². The van der Waals surface area contributed by atoms with Gasteiger partial charge in [-0.2, -0.15) is 0 Å².